The van der Waals surface area contributed by atoms with Crippen LogP contribution in [0.5, 0.6) is 0 Å². The minimum absolute atomic E-state index is 0.0548. The maximum atomic E-state index is 12.7. The van der Waals surface area contributed by atoms with Gasteiger partial charge in [-0.15, -0.1) is 0 Å². The number of nitrogens with one attached hydrogen (secondary N) is 2. The Morgan fingerprint density at radius 3 is 2.03 bits per heavy atom. The molecule has 0 aromatic heterocycles. The molecule has 0 heterocycles. The average Bonchev–Trinajstić information content (AvgIpc) is 2.74. The van der Waals surface area contributed by atoms with Crippen molar-refractivity contribution >= 4 is 39.1 Å². The van der Waals surface area contributed by atoms with Crippen LogP contribution in [-0.2, 0) is 10.0 Å². The molecule has 3 rings (SSSR count). The van der Waals surface area contributed by atoms with E-state index in [0.717, 1.165) is 0 Å². The molecule has 0 aliphatic heterocycles. The van der Waals surface area contributed by atoms with Crippen molar-refractivity contribution in [3.8, 4) is 0 Å². The van der Waals surface area contributed by atoms with E-state index in [0.29, 0.717) is 5.56 Å². The Bertz CT molecular complexity index is 1280. The fraction of sp³-hybridized carbons (Fsp3) is 0.0455. The molecule has 0 aliphatic rings. The van der Waals surface area contributed by atoms with Gasteiger partial charge < -0.3 is 15.2 Å². The lowest BCUT2D eigenvalue weighted by Gasteiger charge is -2.11. The third-order valence-electron chi connectivity index (χ3n) is 4.28. The first-order chi connectivity index (χ1) is 14.7. The summed E-state index contributed by atoms with van der Waals surface area (Å²) in [5.41, 5.74) is 0.734. The van der Waals surface area contributed by atoms with Gasteiger partial charge in [-0.25, -0.2) is 8.42 Å². The standard InChI is InChI=1S/C22H18N2O6S/c1-14(25)15-5-2-9-19(11-15)24-31(29,30)20-10-4-6-16(13-20)21(26)23-18-8-3-7-17(12-18)22(27)28/h2-13,24H,1H3,(H,23,26)(H,27,28)/p-1. The average molecular weight is 437 g/mol. The second-order valence-corrected chi connectivity index (χ2v) is 8.28. The molecule has 0 fully saturated rings. The van der Waals surface area contributed by atoms with E-state index >= 15 is 0 Å². The fourth-order valence-corrected chi connectivity index (χ4v) is 3.84. The minimum atomic E-state index is -4.03. The van der Waals surface area contributed by atoms with Crippen LogP contribution in [0, 0.1) is 0 Å². The number of Topliss-reactive ketones (excluding diaryl/α,β-unsaturated/α-hetero) is 1. The molecule has 8 nitrogen and oxygen atoms in total. The van der Waals surface area contributed by atoms with E-state index in [-0.39, 0.29) is 33.2 Å². The fourth-order valence-electron chi connectivity index (χ4n) is 2.75. The number of carbonyl (C=O) groups is 3. The summed E-state index contributed by atoms with van der Waals surface area (Å²) in [6.07, 6.45) is 0. The van der Waals surface area contributed by atoms with Gasteiger partial charge in [-0.2, -0.15) is 0 Å². The highest BCUT2D eigenvalue weighted by Crippen LogP contribution is 2.19. The Morgan fingerprint density at radius 2 is 1.35 bits per heavy atom. The normalized spacial score (nSPS) is 10.9. The zero-order chi connectivity index (χ0) is 22.6. The quantitative estimate of drug-likeness (QED) is 0.545. The molecule has 0 radical (unpaired) electrons. The molecule has 0 saturated heterocycles. The largest absolute Gasteiger partial charge is 0.545 e. The van der Waals surface area contributed by atoms with E-state index < -0.39 is 21.9 Å². The molecule has 31 heavy (non-hydrogen) atoms. The third kappa shape index (κ3) is 5.34. The van der Waals surface area contributed by atoms with Gasteiger partial charge in [0.1, 0.15) is 0 Å². The number of amides is 1. The van der Waals surface area contributed by atoms with Crippen molar-refractivity contribution in [1.29, 1.82) is 0 Å². The smallest absolute Gasteiger partial charge is 0.261 e. The highest BCUT2D eigenvalue weighted by molar-refractivity contribution is 7.92. The van der Waals surface area contributed by atoms with Gasteiger partial charge in [0.05, 0.1) is 10.9 Å². The van der Waals surface area contributed by atoms with Crippen LogP contribution < -0.4 is 15.1 Å². The van der Waals surface area contributed by atoms with Gasteiger partial charge in [-0.05, 0) is 55.0 Å². The zero-order valence-electron chi connectivity index (χ0n) is 16.3. The van der Waals surface area contributed by atoms with E-state index in [1.165, 1.54) is 67.6 Å². The van der Waals surface area contributed by atoms with Gasteiger partial charge in [0.2, 0.25) is 0 Å². The summed E-state index contributed by atoms with van der Waals surface area (Å²) in [7, 11) is -4.03. The van der Waals surface area contributed by atoms with Gasteiger partial charge in [-0.1, -0.05) is 30.3 Å². The first-order valence-electron chi connectivity index (χ1n) is 9.02. The summed E-state index contributed by atoms with van der Waals surface area (Å²) in [5.74, 6) is -2.21. The van der Waals surface area contributed by atoms with Crippen LogP contribution in [-0.4, -0.2) is 26.1 Å². The Balaban J connectivity index is 1.82. The molecule has 0 bridgehead atoms. The number of carboxylic acid groups (broad SMARTS) is 1. The number of hydrogen-bond acceptors (Lipinski definition) is 6. The molecule has 158 valence electrons. The molecule has 3 aromatic carbocycles. The summed E-state index contributed by atoms with van der Waals surface area (Å²) in [6.45, 7) is 1.37. The van der Waals surface area contributed by atoms with Crippen molar-refractivity contribution in [3.63, 3.8) is 0 Å². The number of sulfonamides is 1. The number of aromatic carboxylic acids is 1. The predicted molar refractivity (Wildman–Crippen MR) is 112 cm³/mol. The van der Waals surface area contributed by atoms with Gasteiger partial charge >= 0.3 is 0 Å². The lowest BCUT2D eigenvalue weighted by Crippen LogP contribution is -2.22. The first-order valence-corrected chi connectivity index (χ1v) is 10.5. The zero-order valence-corrected chi connectivity index (χ0v) is 17.1. The molecular weight excluding hydrogens is 420 g/mol. The Morgan fingerprint density at radius 1 is 0.774 bits per heavy atom. The molecule has 0 saturated carbocycles. The molecule has 0 spiro atoms. The molecule has 0 atom stereocenters. The highest BCUT2D eigenvalue weighted by atomic mass is 32.2. The highest BCUT2D eigenvalue weighted by Gasteiger charge is 2.17. The third-order valence-corrected chi connectivity index (χ3v) is 5.66. The van der Waals surface area contributed by atoms with Crippen LogP contribution >= 0.6 is 0 Å². The van der Waals surface area contributed by atoms with E-state index in [4.69, 9.17) is 0 Å². The van der Waals surface area contributed by atoms with Crippen molar-refractivity contribution < 1.29 is 27.9 Å². The van der Waals surface area contributed by atoms with E-state index in [1.807, 2.05) is 0 Å². The molecule has 0 unspecified atom stereocenters. The van der Waals surface area contributed by atoms with Crippen LogP contribution in [0.2, 0.25) is 0 Å². The summed E-state index contributed by atoms with van der Waals surface area (Å²) < 4.78 is 27.9. The van der Waals surface area contributed by atoms with Gasteiger partial charge in [0, 0.05) is 22.5 Å². The second-order valence-electron chi connectivity index (χ2n) is 6.59. The summed E-state index contributed by atoms with van der Waals surface area (Å²) in [5, 5.41) is 13.5. The number of benzene rings is 3. The number of carboxylic acids is 1. The van der Waals surface area contributed by atoms with Crippen molar-refractivity contribution in [2.75, 3.05) is 10.0 Å². The van der Waals surface area contributed by atoms with Crippen molar-refractivity contribution in [2.45, 2.75) is 11.8 Å². The van der Waals surface area contributed by atoms with Crippen LogP contribution in [0.25, 0.3) is 0 Å². The van der Waals surface area contributed by atoms with Gasteiger partial charge in [0.15, 0.2) is 5.78 Å². The molecule has 2 N–H and O–H groups in total. The topological polar surface area (TPSA) is 132 Å². The molecule has 0 aliphatic carbocycles. The maximum absolute atomic E-state index is 12.7. The Labute approximate surface area is 178 Å². The number of anilines is 2. The lowest BCUT2D eigenvalue weighted by molar-refractivity contribution is -0.255. The summed E-state index contributed by atoms with van der Waals surface area (Å²) in [6, 6.07) is 16.9. The monoisotopic (exact) mass is 437 g/mol. The van der Waals surface area contributed by atoms with E-state index in [1.54, 1.807) is 12.1 Å². The predicted octanol–water partition coefficient (Wildman–Crippen LogP) is 2.31. The SMILES string of the molecule is CC(=O)c1cccc(NS(=O)(=O)c2cccc(C(=O)Nc3cccc(C(=O)[O-])c3)c2)c1. The molecule has 9 heteroatoms. The van der Waals surface area contributed by atoms with Gasteiger partial charge in [-0.3, -0.25) is 14.3 Å². The van der Waals surface area contributed by atoms with Crippen molar-refractivity contribution in [3.05, 3.63) is 89.5 Å². The van der Waals surface area contributed by atoms with Crippen LogP contribution in [0.4, 0.5) is 11.4 Å². The Hall–Kier alpha value is -3.98. The van der Waals surface area contributed by atoms with E-state index in [9.17, 15) is 27.9 Å². The number of ketones is 1. The molecule has 1 amide bonds. The van der Waals surface area contributed by atoms with E-state index in [2.05, 4.69) is 10.0 Å². The second kappa shape index (κ2) is 8.80. The lowest BCUT2D eigenvalue weighted by atomic mass is 10.1. The number of carbonyl (C=O) groups excluding carboxylic acids is 3. The van der Waals surface area contributed by atoms with Crippen LogP contribution in [0.3, 0.4) is 0 Å². The first kappa shape index (κ1) is 21.7. The Kier molecular flexibility index (Phi) is 6.17. The minimum Gasteiger partial charge on any atom is -0.545 e. The van der Waals surface area contributed by atoms with Gasteiger partial charge in [0.25, 0.3) is 15.9 Å². The number of rotatable bonds is 7. The van der Waals surface area contributed by atoms with Crippen molar-refractivity contribution in [1.82, 2.24) is 0 Å². The maximum Gasteiger partial charge on any atom is 0.261 e. The summed E-state index contributed by atoms with van der Waals surface area (Å²) in [4.78, 5) is 34.8. The van der Waals surface area contributed by atoms with Crippen LogP contribution in [0.15, 0.2) is 77.7 Å². The molecular formula is C22H17N2O6S-. The molecule has 3 aromatic rings. The van der Waals surface area contributed by atoms with Crippen LogP contribution in [0.1, 0.15) is 38.0 Å². The number of hydrogen-bond donors (Lipinski definition) is 2. The van der Waals surface area contributed by atoms with Crippen molar-refractivity contribution in [2.24, 2.45) is 0 Å². The summed E-state index contributed by atoms with van der Waals surface area (Å²) >= 11 is 0.